The molecule has 0 unspecified atom stereocenters. The van der Waals surface area contributed by atoms with Crippen LogP contribution >= 0.6 is 0 Å². The van der Waals surface area contributed by atoms with E-state index in [1.165, 1.54) is 0 Å². The summed E-state index contributed by atoms with van der Waals surface area (Å²) in [6, 6.07) is 15.3. The van der Waals surface area contributed by atoms with Gasteiger partial charge in [0.2, 0.25) is 6.41 Å². The van der Waals surface area contributed by atoms with Gasteiger partial charge in [-0.15, -0.1) is 0 Å². The van der Waals surface area contributed by atoms with Gasteiger partial charge in [-0.25, -0.2) is 4.79 Å². The highest BCUT2D eigenvalue weighted by molar-refractivity contribution is 5.75. The van der Waals surface area contributed by atoms with E-state index in [1.54, 1.807) is 6.92 Å². The number of carbonyl (C=O) groups excluding carboxylic acids is 2. The van der Waals surface area contributed by atoms with Crippen molar-refractivity contribution in [3.63, 3.8) is 0 Å². The summed E-state index contributed by atoms with van der Waals surface area (Å²) < 4.78 is 16.3. The van der Waals surface area contributed by atoms with Gasteiger partial charge in [0.25, 0.3) is 6.47 Å². The summed E-state index contributed by atoms with van der Waals surface area (Å²) in [4.78, 5) is 30.7. The number of carboxylic acid groups (broad SMARTS) is 1. The van der Waals surface area contributed by atoms with E-state index in [-0.39, 0.29) is 12.4 Å². The Labute approximate surface area is 182 Å². The molecule has 0 heterocycles. The standard InChI is InChI=1S/C22H27NO5.CH2O2/c1-3-26-21(22(25)27-4-2)15-18-7-11-20(12-8-18)28-14-13-17-5-9-19(10-6-17)23-16-24;2-1-3/h5-12,16,21H,3-4,13-15H2,1-2H3,(H,23,24);1H,(H,2,3)/t21-;/m0./s1. The van der Waals surface area contributed by atoms with Crippen molar-refractivity contribution < 1.29 is 33.7 Å². The molecule has 2 aromatic carbocycles. The molecule has 8 nitrogen and oxygen atoms in total. The predicted molar refractivity (Wildman–Crippen MR) is 116 cm³/mol. The molecule has 0 aliphatic rings. The monoisotopic (exact) mass is 431 g/mol. The summed E-state index contributed by atoms with van der Waals surface area (Å²) >= 11 is 0. The average Bonchev–Trinajstić information content (AvgIpc) is 2.77. The molecule has 0 aromatic heterocycles. The Balaban J connectivity index is 0.00000151. The fourth-order valence-electron chi connectivity index (χ4n) is 2.70. The smallest absolute Gasteiger partial charge is 0.335 e. The minimum Gasteiger partial charge on any atom is -0.493 e. The maximum absolute atomic E-state index is 11.9. The van der Waals surface area contributed by atoms with Crippen molar-refractivity contribution in [2.45, 2.75) is 32.8 Å². The lowest BCUT2D eigenvalue weighted by Gasteiger charge is -2.15. The second kappa shape index (κ2) is 15.4. The van der Waals surface area contributed by atoms with Crippen LogP contribution in [-0.2, 0) is 36.7 Å². The molecule has 168 valence electrons. The van der Waals surface area contributed by atoms with Crippen LogP contribution in [0.1, 0.15) is 25.0 Å². The van der Waals surface area contributed by atoms with Gasteiger partial charge in [0, 0.05) is 25.1 Å². The second-order valence-corrected chi connectivity index (χ2v) is 6.21. The lowest BCUT2D eigenvalue weighted by atomic mass is 10.1. The summed E-state index contributed by atoms with van der Waals surface area (Å²) in [6.45, 7) is 4.73. The molecule has 8 heteroatoms. The molecular formula is C23H29NO7. The number of hydrogen-bond acceptors (Lipinski definition) is 6. The van der Waals surface area contributed by atoms with Gasteiger partial charge >= 0.3 is 5.97 Å². The zero-order valence-electron chi connectivity index (χ0n) is 17.8. The van der Waals surface area contributed by atoms with Crippen LogP contribution in [0.25, 0.3) is 0 Å². The molecule has 0 spiro atoms. The normalized spacial score (nSPS) is 10.8. The van der Waals surface area contributed by atoms with Crippen LogP contribution in [0, 0.1) is 0 Å². The fraction of sp³-hybridized carbons (Fsp3) is 0.348. The third kappa shape index (κ3) is 10.3. The highest BCUT2D eigenvalue weighted by Crippen LogP contribution is 2.16. The Morgan fingerprint density at radius 1 is 1.00 bits per heavy atom. The third-order valence-corrected chi connectivity index (χ3v) is 4.10. The summed E-state index contributed by atoms with van der Waals surface area (Å²) in [5.74, 6) is 0.436. The van der Waals surface area contributed by atoms with Gasteiger partial charge in [-0.3, -0.25) is 9.59 Å². The molecule has 0 aliphatic carbocycles. The van der Waals surface area contributed by atoms with Crippen LogP contribution < -0.4 is 10.1 Å². The lowest BCUT2D eigenvalue weighted by Crippen LogP contribution is -2.28. The molecule has 0 bridgehead atoms. The summed E-state index contributed by atoms with van der Waals surface area (Å²) in [6.07, 6.45) is 1.30. The fourth-order valence-corrected chi connectivity index (χ4v) is 2.70. The number of hydrogen-bond donors (Lipinski definition) is 2. The lowest BCUT2D eigenvalue weighted by molar-refractivity contribution is -0.156. The minimum absolute atomic E-state index is 0.250. The Morgan fingerprint density at radius 3 is 2.16 bits per heavy atom. The van der Waals surface area contributed by atoms with Crippen molar-refractivity contribution >= 4 is 24.5 Å². The van der Waals surface area contributed by atoms with Crippen molar-refractivity contribution in [1.82, 2.24) is 0 Å². The second-order valence-electron chi connectivity index (χ2n) is 6.21. The summed E-state index contributed by atoms with van der Waals surface area (Å²) in [5, 5.41) is 9.50. The first-order valence-corrected chi connectivity index (χ1v) is 9.94. The molecular weight excluding hydrogens is 402 g/mol. The number of rotatable bonds is 12. The van der Waals surface area contributed by atoms with Gasteiger partial charge in [0.15, 0.2) is 6.10 Å². The van der Waals surface area contributed by atoms with E-state index < -0.39 is 6.10 Å². The van der Waals surface area contributed by atoms with Gasteiger partial charge in [-0.1, -0.05) is 24.3 Å². The maximum Gasteiger partial charge on any atom is 0.335 e. The van der Waals surface area contributed by atoms with Crippen LogP contribution in [0.3, 0.4) is 0 Å². The summed E-state index contributed by atoms with van der Waals surface area (Å²) in [5.41, 5.74) is 2.88. The van der Waals surface area contributed by atoms with Crippen molar-refractivity contribution in [2.24, 2.45) is 0 Å². The average molecular weight is 431 g/mol. The highest BCUT2D eigenvalue weighted by atomic mass is 16.6. The van der Waals surface area contributed by atoms with Crippen LogP contribution in [0.4, 0.5) is 5.69 Å². The van der Waals surface area contributed by atoms with Gasteiger partial charge in [-0.2, -0.15) is 0 Å². The SMILES string of the molecule is CCOC(=O)[C@H](Cc1ccc(OCCc2ccc(NC=O)cc2)cc1)OCC.O=CO. The van der Waals surface area contributed by atoms with Crippen LogP contribution in [0.5, 0.6) is 5.75 Å². The molecule has 1 amide bonds. The maximum atomic E-state index is 11.9. The van der Waals surface area contributed by atoms with E-state index in [2.05, 4.69) is 5.32 Å². The van der Waals surface area contributed by atoms with E-state index in [9.17, 15) is 9.59 Å². The molecule has 0 aliphatic heterocycles. The Hall–Kier alpha value is -3.39. The van der Waals surface area contributed by atoms with Gasteiger partial charge in [0.05, 0.1) is 13.2 Å². The molecule has 0 radical (unpaired) electrons. The van der Waals surface area contributed by atoms with Gasteiger partial charge in [0.1, 0.15) is 5.75 Å². The minimum atomic E-state index is -0.589. The number of ether oxygens (including phenoxy) is 3. The number of anilines is 1. The van der Waals surface area contributed by atoms with Gasteiger partial charge < -0.3 is 24.6 Å². The Kier molecular flexibility index (Phi) is 12.8. The first kappa shape index (κ1) is 25.6. The quantitative estimate of drug-likeness (QED) is 0.392. The number of carbonyl (C=O) groups is 3. The zero-order valence-corrected chi connectivity index (χ0v) is 17.8. The number of nitrogens with one attached hydrogen (secondary N) is 1. The number of esters is 1. The van der Waals surface area contributed by atoms with E-state index >= 15 is 0 Å². The van der Waals surface area contributed by atoms with Crippen molar-refractivity contribution in [3.05, 3.63) is 59.7 Å². The Bertz CT molecular complexity index is 776. The third-order valence-electron chi connectivity index (χ3n) is 4.10. The van der Waals surface area contributed by atoms with Crippen molar-refractivity contribution in [1.29, 1.82) is 0 Å². The van der Waals surface area contributed by atoms with Crippen LogP contribution in [0.15, 0.2) is 48.5 Å². The molecule has 0 saturated carbocycles. The molecule has 31 heavy (non-hydrogen) atoms. The first-order chi connectivity index (χ1) is 15.1. The highest BCUT2D eigenvalue weighted by Gasteiger charge is 2.20. The van der Waals surface area contributed by atoms with E-state index in [4.69, 9.17) is 24.1 Å². The van der Waals surface area contributed by atoms with Gasteiger partial charge in [-0.05, 0) is 49.2 Å². The summed E-state index contributed by atoms with van der Waals surface area (Å²) in [7, 11) is 0. The topological polar surface area (TPSA) is 111 Å². The molecule has 1 atom stereocenters. The van der Waals surface area contributed by atoms with Crippen molar-refractivity contribution in [2.75, 3.05) is 25.1 Å². The zero-order chi connectivity index (χ0) is 22.9. The van der Waals surface area contributed by atoms with Crippen molar-refractivity contribution in [3.8, 4) is 5.75 Å². The molecule has 0 fully saturated rings. The van der Waals surface area contributed by atoms with E-state index in [0.717, 1.165) is 29.0 Å². The first-order valence-electron chi connectivity index (χ1n) is 9.94. The Morgan fingerprint density at radius 2 is 1.61 bits per heavy atom. The molecule has 2 N–H and O–H groups in total. The number of amides is 1. The van der Waals surface area contributed by atoms with E-state index in [0.29, 0.717) is 32.7 Å². The van der Waals surface area contributed by atoms with Crippen LogP contribution in [-0.4, -0.2) is 49.9 Å². The number of benzene rings is 2. The van der Waals surface area contributed by atoms with E-state index in [1.807, 2.05) is 55.5 Å². The molecule has 0 saturated heterocycles. The largest absolute Gasteiger partial charge is 0.493 e. The molecule has 2 aromatic rings. The van der Waals surface area contributed by atoms with Crippen LogP contribution in [0.2, 0.25) is 0 Å². The molecule has 2 rings (SSSR count). The predicted octanol–water partition coefficient (Wildman–Crippen LogP) is 3.09.